The number of hydrogen-bond acceptors (Lipinski definition) is 9. The number of benzene rings is 1. The lowest BCUT2D eigenvalue weighted by atomic mass is 9.90. The van der Waals surface area contributed by atoms with E-state index in [-0.39, 0.29) is 12.1 Å². The van der Waals surface area contributed by atoms with Gasteiger partial charge in [0.25, 0.3) is 0 Å². The summed E-state index contributed by atoms with van der Waals surface area (Å²) in [5.74, 6) is -0.140. The molecule has 2 aromatic heterocycles. The molecule has 0 radical (unpaired) electrons. The first-order valence-electron chi connectivity index (χ1n) is 11.7. The third-order valence-corrected chi connectivity index (χ3v) is 8.45. The second-order valence-corrected chi connectivity index (χ2v) is 11.3. The van der Waals surface area contributed by atoms with Crippen molar-refractivity contribution in [2.24, 2.45) is 15.6 Å². The summed E-state index contributed by atoms with van der Waals surface area (Å²) in [7, 11) is 0. The fraction of sp³-hybridized carbons (Fsp3) is 0.440. The van der Waals surface area contributed by atoms with Gasteiger partial charge in [-0.25, -0.2) is 14.2 Å². The van der Waals surface area contributed by atoms with Gasteiger partial charge in [-0.2, -0.15) is 0 Å². The van der Waals surface area contributed by atoms with Crippen LogP contribution in [-0.2, 0) is 9.53 Å². The van der Waals surface area contributed by atoms with Gasteiger partial charge in [-0.15, -0.1) is 10.2 Å². The first kappa shape index (κ1) is 26.2. The number of esters is 1. The van der Waals surface area contributed by atoms with Crippen LogP contribution in [0.4, 0.5) is 20.8 Å². The predicted molar refractivity (Wildman–Crippen MR) is 145 cm³/mol. The molecule has 0 unspecified atom stereocenters. The topological polar surface area (TPSA) is 84.4 Å². The van der Waals surface area contributed by atoms with Crippen molar-refractivity contribution < 1.29 is 9.53 Å². The number of aromatic nitrogens is 2. The predicted octanol–water partition coefficient (Wildman–Crippen LogP) is 8.14. The molecule has 3 heterocycles. The molecule has 0 spiro atoms. The van der Waals surface area contributed by atoms with Crippen molar-refractivity contribution in [3.8, 4) is 11.3 Å². The molecule has 36 heavy (non-hydrogen) atoms. The van der Waals surface area contributed by atoms with Crippen LogP contribution in [0.2, 0.25) is 5.02 Å². The van der Waals surface area contributed by atoms with E-state index in [0.717, 1.165) is 41.5 Å². The summed E-state index contributed by atoms with van der Waals surface area (Å²) in [6.45, 7) is 16.4. The molecule has 0 aliphatic carbocycles. The first-order valence-corrected chi connectivity index (χ1v) is 13.7. The van der Waals surface area contributed by atoms with Crippen molar-refractivity contribution in [1.29, 1.82) is 0 Å². The second-order valence-electron chi connectivity index (χ2n) is 9.19. The Balaban J connectivity index is 1.57. The molecule has 11 heteroatoms. The SMILES string of the molecule is [C-]#[N+]c1c(C)nsc1/N=N/c1sc(N2CCC(OC(=O)C(C)(C)CC)CC2)nc1-c1ccccc1Cl. The van der Waals surface area contributed by atoms with E-state index in [1.807, 2.05) is 45.0 Å². The van der Waals surface area contributed by atoms with Crippen LogP contribution in [0, 0.1) is 18.9 Å². The number of thiazole rings is 1. The van der Waals surface area contributed by atoms with Gasteiger partial charge in [-0.3, -0.25) is 4.79 Å². The summed E-state index contributed by atoms with van der Waals surface area (Å²) in [4.78, 5) is 23.1. The van der Waals surface area contributed by atoms with Gasteiger partial charge in [0.2, 0.25) is 5.69 Å². The van der Waals surface area contributed by atoms with Crippen molar-refractivity contribution >= 4 is 61.3 Å². The van der Waals surface area contributed by atoms with E-state index < -0.39 is 5.41 Å². The van der Waals surface area contributed by atoms with Crippen LogP contribution in [0.3, 0.4) is 0 Å². The monoisotopic (exact) mass is 542 g/mol. The average molecular weight is 543 g/mol. The maximum absolute atomic E-state index is 12.5. The number of azo groups is 1. The van der Waals surface area contributed by atoms with Gasteiger partial charge in [0.05, 0.1) is 22.7 Å². The lowest BCUT2D eigenvalue weighted by molar-refractivity contribution is -0.160. The van der Waals surface area contributed by atoms with Gasteiger partial charge >= 0.3 is 5.97 Å². The molecule has 3 aromatic rings. The standard InChI is InChI=1S/C25H27ClN6O2S2/c1-6-25(3,4)23(33)34-16-11-13-32(14-12-16)24-28-20(17-9-7-8-10-18(17)26)21(35-24)29-30-22-19(27-5)15(2)31-36-22/h7-10,16H,6,11-14H2,1-4H3/b30-29+. The van der Waals surface area contributed by atoms with E-state index in [2.05, 4.69) is 24.3 Å². The van der Waals surface area contributed by atoms with E-state index >= 15 is 0 Å². The van der Waals surface area contributed by atoms with Crippen LogP contribution >= 0.6 is 34.5 Å². The second kappa shape index (κ2) is 11.0. The molecule has 1 aromatic carbocycles. The highest BCUT2D eigenvalue weighted by Gasteiger charge is 2.32. The van der Waals surface area contributed by atoms with E-state index in [1.54, 1.807) is 6.92 Å². The summed E-state index contributed by atoms with van der Waals surface area (Å²) >= 11 is 9.07. The van der Waals surface area contributed by atoms with Crippen LogP contribution in [0.15, 0.2) is 34.5 Å². The molecular formula is C25H27ClN6O2S2. The smallest absolute Gasteiger partial charge is 0.311 e. The van der Waals surface area contributed by atoms with Gasteiger partial charge in [-0.1, -0.05) is 48.1 Å². The van der Waals surface area contributed by atoms with Crippen LogP contribution in [0.1, 0.15) is 45.7 Å². The van der Waals surface area contributed by atoms with Crippen molar-refractivity contribution in [2.75, 3.05) is 18.0 Å². The largest absolute Gasteiger partial charge is 0.462 e. The molecule has 0 N–H and O–H groups in total. The Kier molecular flexibility index (Phi) is 8.03. The summed E-state index contributed by atoms with van der Waals surface area (Å²) in [5, 5.41) is 11.3. The Morgan fingerprint density at radius 1 is 1.28 bits per heavy atom. The summed E-state index contributed by atoms with van der Waals surface area (Å²) < 4.78 is 10.0. The Labute approximate surface area is 224 Å². The Morgan fingerprint density at radius 2 is 1.97 bits per heavy atom. The molecule has 8 nitrogen and oxygen atoms in total. The molecule has 1 aliphatic heterocycles. The van der Waals surface area contributed by atoms with Gasteiger partial charge < -0.3 is 9.64 Å². The number of hydrogen-bond donors (Lipinski definition) is 0. The molecular weight excluding hydrogens is 516 g/mol. The number of aryl methyl sites for hydroxylation is 1. The van der Waals surface area contributed by atoms with Crippen molar-refractivity contribution in [3.05, 3.63) is 46.4 Å². The zero-order chi connectivity index (χ0) is 25.9. The molecule has 4 rings (SSSR count). The quantitative estimate of drug-likeness (QED) is 0.171. The number of piperidine rings is 1. The van der Waals surface area contributed by atoms with Gasteiger partial charge in [0, 0.05) is 31.5 Å². The number of ether oxygens (including phenoxy) is 1. The molecule has 0 amide bonds. The number of anilines is 1. The van der Waals surface area contributed by atoms with Crippen LogP contribution < -0.4 is 4.90 Å². The number of carbonyl (C=O) groups excluding carboxylic acids is 1. The minimum absolute atomic E-state index is 0.0941. The minimum atomic E-state index is -0.472. The fourth-order valence-electron chi connectivity index (χ4n) is 3.59. The summed E-state index contributed by atoms with van der Waals surface area (Å²) in [6, 6.07) is 7.50. The highest BCUT2D eigenvalue weighted by Crippen LogP contribution is 2.44. The Bertz CT molecular complexity index is 1320. The summed E-state index contributed by atoms with van der Waals surface area (Å²) in [5.41, 5.74) is 2.00. The average Bonchev–Trinajstić information content (AvgIpc) is 3.46. The van der Waals surface area contributed by atoms with Crippen molar-refractivity contribution in [1.82, 2.24) is 9.36 Å². The molecule has 1 aliphatic rings. The van der Waals surface area contributed by atoms with E-state index in [1.165, 1.54) is 11.3 Å². The minimum Gasteiger partial charge on any atom is -0.462 e. The van der Waals surface area contributed by atoms with Crippen LogP contribution in [0.25, 0.3) is 16.1 Å². The maximum atomic E-state index is 12.5. The summed E-state index contributed by atoms with van der Waals surface area (Å²) in [6.07, 6.45) is 2.11. The zero-order valence-corrected chi connectivity index (χ0v) is 23.0. The molecule has 1 saturated heterocycles. The lowest BCUT2D eigenvalue weighted by Crippen LogP contribution is -2.39. The molecule has 1 fully saturated rings. The van der Waals surface area contributed by atoms with Crippen LogP contribution in [0.5, 0.6) is 0 Å². The Morgan fingerprint density at radius 3 is 2.64 bits per heavy atom. The molecule has 188 valence electrons. The number of rotatable bonds is 7. The number of carbonyl (C=O) groups is 1. The van der Waals surface area contributed by atoms with Crippen molar-refractivity contribution in [3.63, 3.8) is 0 Å². The third kappa shape index (κ3) is 5.59. The number of nitrogens with zero attached hydrogens (tertiary/aromatic N) is 6. The third-order valence-electron chi connectivity index (χ3n) is 6.31. The van der Waals surface area contributed by atoms with E-state index in [4.69, 9.17) is 27.9 Å². The van der Waals surface area contributed by atoms with E-state index in [9.17, 15) is 4.79 Å². The lowest BCUT2D eigenvalue weighted by Gasteiger charge is -2.33. The highest BCUT2D eigenvalue weighted by molar-refractivity contribution is 7.19. The maximum Gasteiger partial charge on any atom is 0.311 e. The first-order chi connectivity index (χ1) is 17.2. The Hall–Kier alpha value is -2.87. The van der Waals surface area contributed by atoms with Gasteiger partial charge in [0.15, 0.2) is 15.1 Å². The molecule has 0 bridgehead atoms. The number of halogens is 1. The fourth-order valence-corrected chi connectivity index (χ4v) is 5.44. The zero-order valence-electron chi connectivity index (χ0n) is 20.6. The highest BCUT2D eigenvalue weighted by atomic mass is 35.5. The van der Waals surface area contributed by atoms with Gasteiger partial charge in [0.1, 0.15) is 11.8 Å². The van der Waals surface area contributed by atoms with E-state index in [0.29, 0.717) is 45.2 Å². The van der Waals surface area contributed by atoms with Crippen molar-refractivity contribution in [2.45, 2.75) is 53.1 Å². The van der Waals surface area contributed by atoms with Crippen LogP contribution in [-0.4, -0.2) is 34.5 Å². The normalized spacial score (nSPS) is 14.8. The molecule has 0 atom stereocenters. The van der Waals surface area contributed by atoms with Gasteiger partial charge in [-0.05, 0) is 44.8 Å². The molecule has 0 saturated carbocycles.